The molecular weight excluding hydrogens is 306 g/mol. The molecule has 0 atom stereocenters. The lowest BCUT2D eigenvalue weighted by Crippen LogP contribution is -2.21. The lowest BCUT2D eigenvalue weighted by Gasteiger charge is -2.04. The van der Waals surface area contributed by atoms with E-state index in [0.717, 1.165) is 11.8 Å². The Morgan fingerprint density at radius 1 is 1.14 bits per heavy atom. The van der Waals surface area contributed by atoms with Crippen molar-refractivity contribution < 1.29 is 13.6 Å². The Balaban J connectivity index is 1.88. The second-order valence-corrected chi connectivity index (χ2v) is 5.48. The fourth-order valence-corrected chi connectivity index (χ4v) is 2.37. The summed E-state index contributed by atoms with van der Waals surface area (Å²) < 4.78 is 26.2. The van der Waals surface area contributed by atoms with Gasteiger partial charge in [-0.15, -0.1) is 11.8 Å². The smallest absolute Gasteiger partial charge is 0.250 e. The average Bonchev–Trinajstić information content (AvgIpc) is 2.52. The van der Waals surface area contributed by atoms with Crippen LogP contribution >= 0.6 is 11.8 Å². The van der Waals surface area contributed by atoms with E-state index in [4.69, 9.17) is 0 Å². The molecule has 1 N–H and O–H groups in total. The first-order valence-corrected chi connectivity index (χ1v) is 7.51. The van der Waals surface area contributed by atoms with Crippen molar-refractivity contribution in [1.29, 1.82) is 0 Å². The Kier molecular flexibility index (Phi) is 5.66. The van der Waals surface area contributed by atoms with Crippen molar-refractivity contribution >= 4 is 23.4 Å². The van der Waals surface area contributed by atoms with Gasteiger partial charge in [-0.05, 0) is 36.8 Å². The SMILES string of the molecule is C/C(=N/NC(=O)CSc1ccccc1F)c1ccc(F)cc1. The van der Waals surface area contributed by atoms with Crippen LogP contribution in [-0.4, -0.2) is 17.4 Å². The van der Waals surface area contributed by atoms with E-state index < -0.39 is 0 Å². The maximum atomic E-state index is 13.4. The number of halogens is 2. The first-order valence-electron chi connectivity index (χ1n) is 6.52. The van der Waals surface area contributed by atoms with E-state index in [0.29, 0.717) is 16.2 Å². The molecule has 0 aromatic heterocycles. The van der Waals surface area contributed by atoms with Crippen molar-refractivity contribution in [2.24, 2.45) is 5.10 Å². The number of carbonyl (C=O) groups excluding carboxylic acids is 1. The zero-order valence-corrected chi connectivity index (χ0v) is 12.7. The lowest BCUT2D eigenvalue weighted by molar-refractivity contribution is -0.118. The molecule has 0 bridgehead atoms. The second-order valence-electron chi connectivity index (χ2n) is 4.46. The number of benzene rings is 2. The van der Waals surface area contributed by atoms with Gasteiger partial charge in [-0.25, -0.2) is 14.2 Å². The standard InChI is InChI=1S/C16H14F2N2OS/c1-11(12-6-8-13(17)9-7-12)19-20-16(21)10-22-15-5-3-2-4-14(15)18/h2-9H,10H2,1H3,(H,20,21)/b19-11-. The van der Waals surface area contributed by atoms with Crippen LogP contribution in [0.2, 0.25) is 0 Å². The van der Waals surface area contributed by atoms with Crippen LogP contribution in [0.25, 0.3) is 0 Å². The van der Waals surface area contributed by atoms with Gasteiger partial charge in [-0.1, -0.05) is 24.3 Å². The van der Waals surface area contributed by atoms with Gasteiger partial charge in [0, 0.05) is 4.90 Å². The molecule has 2 aromatic carbocycles. The van der Waals surface area contributed by atoms with E-state index in [9.17, 15) is 13.6 Å². The van der Waals surface area contributed by atoms with Crippen LogP contribution in [0.1, 0.15) is 12.5 Å². The van der Waals surface area contributed by atoms with Gasteiger partial charge in [0.05, 0.1) is 11.5 Å². The largest absolute Gasteiger partial charge is 0.272 e. The van der Waals surface area contributed by atoms with Crippen molar-refractivity contribution in [3.8, 4) is 0 Å². The third-order valence-corrected chi connectivity index (χ3v) is 3.85. The predicted octanol–water partition coefficient (Wildman–Crippen LogP) is 3.60. The number of amides is 1. The Morgan fingerprint density at radius 3 is 2.50 bits per heavy atom. The fourth-order valence-electron chi connectivity index (χ4n) is 1.64. The highest BCUT2D eigenvalue weighted by molar-refractivity contribution is 8.00. The average molecular weight is 320 g/mol. The summed E-state index contributed by atoms with van der Waals surface area (Å²) in [6, 6.07) is 12.1. The molecule has 6 heteroatoms. The first kappa shape index (κ1) is 16.2. The molecule has 0 unspecified atom stereocenters. The summed E-state index contributed by atoms with van der Waals surface area (Å²) in [6.45, 7) is 1.71. The number of rotatable bonds is 5. The summed E-state index contributed by atoms with van der Waals surface area (Å²) in [7, 11) is 0. The zero-order valence-electron chi connectivity index (χ0n) is 11.8. The van der Waals surface area contributed by atoms with Gasteiger partial charge >= 0.3 is 0 Å². The van der Waals surface area contributed by atoms with Crippen LogP contribution < -0.4 is 5.43 Å². The molecule has 1 amide bonds. The van der Waals surface area contributed by atoms with Gasteiger partial charge in [0.1, 0.15) is 11.6 Å². The monoisotopic (exact) mass is 320 g/mol. The highest BCUT2D eigenvalue weighted by atomic mass is 32.2. The number of nitrogens with one attached hydrogen (secondary N) is 1. The summed E-state index contributed by atoms with van der Waals surface area (Å²) in [5.74, 6) is -0.968. The van der Waals surface area contributed by atoms with E-state index in [2.05, 4.69) is 10.5 Å². The molecule has 114 valence electrons. The van der Waals surface area contributed by atoms with Crippen LogP contribution in [0.5, 0.6) is 0 Å². The topological polar surface area (TPSA) is 41.5 Å². The number of hydrogen-bond donors (Lipinski definition) is 1. The van der Waals surface area contributed by atoms with E-state index in [1.807, 2.05) is 0 Å². The Morgan fingerprint density at radius 2 is 1.82 bits per heavy atom. The Hall–Kier alpha value is -2.21. The number of carbonyl (C=O) groups is 1. The quantitative estimate of drug-likeness (QED) is 0.519. The van der Waals surface area contributed by atoms with E-state index in [1.54, 1.807) is 37.3 Å². The van der Waals surface area contributed by atoms with Crippen LogP contribution in [0, 0.1) is 11.6 Å². The number of hydrogen-bond acceptors (Lipinski definition) is 3. The molecule has 0 heterocycles. The molecule has 0 spiro atoms. The Bertz CT molecular complexity index is 687. The van der Waals surface area contributed by atoms with Gasteiger partial charge in [0.2, 0.25) is 5.91 Å². The van der Waals surface area contributed by atoms with Crippen LogP contribution in [-0.2, 0) is 4.79 Å². The van der Waals surface area contributed by atoms with E-state index >= 15 is 0 Å². The van der Waals surface area contributed by atoms with Crippen molar-refractivity contribution in [1.82, 2.24) is 5.43 Å². The van der Waals surface area contributed by atoms with Crippen molar-refractivity contribution in [3.63, 3.8) is 0 Å². The number of hydrazone groups is 1. The van der Waals surface area contributed by atoms with Gasteiger partial charge in [-0.3, -0.25) is 4.79 Å². The maximum absolute atomic E-state index is 13.4. The Labute approximate surface area is 131 Å². The third-order valence-electron chi connectivity index (χ3n) is 2.81. The minimum Gasteiger partial charge on any atom is -0.272 e. The van der Waals surface area contributed by atoms with Crippen LogP contribution in [0.3, 0.4) is 0 Å². The lowest BCUT2D eigenvalue weighted by atomic mass is 10.1. The molecule has 0 radical (unpaired) electrons. The molecule has 2 rings (SSSR count). The molecule has 0 saturated carbocycles. The summed E-state index contributed by atoms with van der Waals surface area (Å²) in [6.07, 6.45) is 0. The maximum Gasteiger partial charge on any atom is 0.250 e. The summed E-state index contributed by atoms with van der Waals surface area (Å²) in [5, 5.41) is 3.95. The number of thioether (sulfide) groups is 1. The minimum absolute atomic E-state index is 0.0567. The molecule has 0 saturated heterocycles. The summed E-state index contributed by atoms with van der Waals surface area (Å²) >= 11 is 1.10. The predicted molar refractivity (Wildman–Crippen MR) is 83.9 cm³/mol. The summed E-state index contributed by atoms with van der Waals surface area (Å²) in [4.78, 5) is 12.1. The third kappa shape index (κ3) is 4.66. The zero-order chi connectivity index (χ0) is 15.9. The number of nitrogens with zero attached hydrogens (tertiary/aromatic N) is 1. The van der Waals surface area contributed by atoms with E-state index in [-0.39, 0.29) is 23.3 Å². The molecule has 3 nitrogen and oxygen atoms in total. The highest BCUT2D eigenvalue weighted by Crippen LogP contribution is 2.20. The molecular formula is C16H14F2N2OS. The molecule has 0 fully saturated rings. The molecule has 0 aliphatic heterocycles. The van der Waals surface area contributed by atoms with Crippen molar-refractivity contribution in [2.45, 2.75) is 11.8 Å². The van der Waals surface area contributed by atoms with Gasteiger partial charge < -0.3 is 0 Å². The molecule has 22 heavy (non-hydrogen) atoms. The van der Waals surface area contributed by atoms with Gasteiger partial charge in [-0.2, -0.15) is 5.10 Å². The van der Waals surface area contributed by atoms with Crippen molar-refractivity contribution in [2.75, 3.05) is 5.75 Å². The van der Waals surface area contributed by atoms with E-state index in [1.165, 1.54) is 18.2 Å². The first-order chi connectivity index (χ1) is 10.6. The minimum atomic E-state index is -0.355. The molecule has 0 aliphatic rings. The van der Waals surface area contributed by atoms with Crippen molar-refractivity contribution in [3.05, 3.63) is 65.7 Å². The highest BCUT2D eigenvalue weighted by Gasteiger charge is 2.06. The molecule has 2 aromatic rings. The van der Waals surface area contributed by atoms with Crippen LogP contribution in [0.4, 0.5) is 8.78 Å². The second kappa shape index (κ2) is 7.70. The van der Waals surface area contributed by atoms with Gasteiger partial charge in [0.25, 0.3) is 0 Å². The molecule has 0 aliphatic carbocycles. The normalized spacial score (nSPS) is 11.3. The van der Waals surface area contributed by atoms with Gasteiger partial charge in [0.15, 0.2) is 0 Å². The van der Waals surface area contributed by atoms with Crippen LogP contribution in [0.15, 0.2) is 58.5 Å². The fraction of sp³-hybridized carbons (Fsp3) is 0.125. The summed E-state index contributed by atoms with van der Waals surface area (Å²) in [5.41, 5.74) is 3.67.